The number of hydrogen-bond acceptors (Lipinski definition) is 3. The van der Waals surface area contributed by atoms with Crippen LogP contribution in [-0.4, -0.2) is 26.3 Å². The Morgan fingerprint density at radius 2 is 1.95 bits per heavy atom. The minimum Gasteiger partial charge on any atom is -0.423 e. The third-order valence-electron chi connectivity index (χ3n) is 4.16. The molecule has 21 heavy (non-hydrogen) atoms. The largest absolute Gasteiger partial charge is 0.423 e. The molecule has 0 aliphatic carbocycles. The predicted octanol–water partition coefficient (Wildman–Crippen LogP) is 1.33. The summed E-state index contributed by atoms with van der Waals surface area (Å²) in [6, 6.07) is 7.78. The van der Waals surface area contributed by atoms with Crippen LogP contribution in [0.15, 0.2) is 33.5 Å². The van der Waals surface area contributed by atoms with Crippen molar-refractivity contribution in [2.45, 2.75) is 26.3 Å². The van der Waals surface area contributed by atoms with Gasteiger partial charge in [-0.2, -0.15) is 0 Å². The topological polar surface area (TPSA) is 43.9 Å². The quantitative estimate of drug-likeness (QED) is 0.867. The van der Waals surface area contributed by atoms with Crippen molar-refractivity contribution in [3.8, 4) is 0 Å². The summed E-state index contributed by atoms with van der Waals surface area (Å²) < 4.78 is 10.7. The second kappa shape index (κ2) is 6.00. The maximum absolute atomic E-state index is 11.8. The lowest BCUT2D eigenvalue weighted by Gasteiger charge is -2.24. The molecule has 0 atom stereocenters. The first-order chi connectivity index (χ1) is 10.1. The van der Waals surface area contributed by atoms with E-state index in [1.807, 2.05) is 12.1 Å². The van der Waals surface area contributed by atoms with Crippen LogP contribution in [0.1, 0.15) is 30.9 Å². The Kier molecular flexibility index (Phi) is 4.08. The molecule has 0 unspecified atom stereocenters. The third kappa shape index (κ3) is 3.17. The van der Waals surface area contributed by atoms with Crippen molar-refractivity contribution >= 4 is 11.0 Å². The van der Waals surface area contributed by atoms with Crippen LogP contribution in [0.5, 0.6) is 0 Å². The van der Waals surface area contributed by atoms with Gasteiger partial charge in [-0.05, 0) is 23.6 Å². The van der Waals surface area contributed by atoms with E-state index in [1.165, 1.54) is 10.5 Å². The Morgan fingerprint density at radius 1 is 1.19 bits per heavy atom. The summed E-state index contributed by atoms with van der Waals surface area (Å²) in [7, 11) is 0. The van der Waals surface area contributed by atoms with E-state index in [9.17, 15) is 4.79 Å². The predicted molar refractivity (Wildman–Crippen MR) is 81.8 cm³/mol. The zero-order valence-corrected chi connectivity index (χ0v) is 12.6. The molecule has 1 aromatic carbocycles. The highest BCUT2D eigenvalue weighted by atomic mass is 16.5. The average Bonchev–Trinajstić information content (AvgIpc) is 2.47. The molecule has 2 aromatic rings. The van der Waals surface area contributed by atoms with Gasteiger partial charge in [-0.3, -0.25) is 0 Å². The van der Waals surface area contributed by atoms with Gasteiger partial charge >= 0.3 is 5.63 Å². The van der Waals surface area contributed by atoms with Crippen molar-refractivity contribution in [2.75, 3.05) is 26.3 Å². The molecule has 2 heterocycles. The van der Waals surface area contributed by atoms with Crippen LogP contribution in [0.2, 0.25) is 0 Å². The highest BCUT2D eigenvalue weighted by Gasteiger charge is 2.17. The Morgan fingerprint density at radius 3 is 2.67 bits per heavy atom. The van der Waals surface area contributed by atoms with Crippen molar-refractivity contribution in [1.82, 2.24) is 0 Å². The fourth-order valence-corrected chi connectivity index (χ4v) is 2.86. The van der Waals surface area contributed by atoms with Gasteiger partial charge in [0, 0.05) is 17.0 Å². The number of ether oxygens (including phenoxy) is 1. The summed E-state index contributed by atoms with van der Waals surface area (Å²) in [6.45, 7) is 8.78. The standard InChI is InChI=1S/C17H21NO3/c1-12(2)13-3-4-16-15(9-13)14(10-17(19)21-16)11-18-5-7-20-8-6-18/h3-4,9-10,12H,5-8,11H2,1-2H3/p+1. The molecule has 3 rings (SSSR count). The lowest BCUT2D eigenvalue weighted by molar-refractivity contribution is -0.921. The van der Waals surface area contributed by atoms with Gasteiger partial charge in [-0.25, -0.2) is 4.79 Å². The molecular formula is C17H22NO3+. The zero-order valence-electron chi connectivity index (χ0n) is 12.6. The Labute approximate surface area is 124 Å². The maximum atomic E-state index is 11.8. The molecule has 1 saturated heterocycles. The van der Waals surface area contributed by atoms with Gasteiger partial charge in [-0.15, -0.1) is 0 Å². The van der Waals surface area contributed by atoms with E-state index in [4.69, 9.17) is 9.15 Å². The van der Waals surface area contributed by atoms with E-state index in [1.54, 1.807) is 6.07 Å². The number of benzene rings is 1. The fourth-order valence-electron chi connectivity index (χ4n) is 2.86. The second-order valence-corrected chi connectivity index (χ2v) is 6.04. The van der Waals surface area contributed by atoms with Crippen LogP contribution in [0.4, 0.5) is 0 Å². The normalized spacial score (nSPS) is 16.7. The number of fused-ring (bicyclic) bond motifs is 1. The third-order valence-corrected chi connectivity index (χ3v) is 4.16. The summed E-state index contributed by atoms with van der Waals surface area (Å²) in [6.07, 6.45) is 0. The van der Waals surface area contributed by atoms with Gasteiger partial charge in [0.05, 0.1) is 13.2 Å². The molecule has 0 bridgehead atoms. The lowest BCUT2D eigenvalue weighted by Crippen LogP contribution is -3.12. The molecular weight excluding hydrogens is 266 g/mol. The number of morpholine rings is 1. The van der Waals surface area contributed by atoms with Crippen molar-refractivity contribution < 1.29 is 14.1 Å². The molecule has 1 fully saturated rings. The zero-order chi connectivity index (χ0) is 14.8. The molecule has 112 valence electrons. The second-order valence-electron chi connectivity index (χ2n) is 6.04. The molecule has 0 spiro atoms. The first kappa shape index (κ1) is 14.3. The minimum atomic E-state index is -0.262. The fraction of sp³-hybridized carbons (Fsp3) is 0.471. The van der Waals surface area contributed by atoms with E-state index < -0.39 is 0 Å². The van der Waals surface area contributed by atoms with Crippen molar-refractivity contribution in [1.29, 1.82) is 0 Å². The summed E-state index contributed by atoms with van der Waals surface area (Å²) in [5.74, 6) is 0.463. The van der Waals surface area contributed by atoms with Crippen LogP contribution in [0, 0.1) is 0 Å². The summed E-state index contributed by atoms with van der Waals surface area (Å²) in [5, 5.41) is 1.07. The number of hydrogen-bond donors (Lipinski definition) is 1. The van der Waals surface area contributed by atoms with Crippen molar-refractivity contribution in [3.05, 3.63) is 45.8 Å². The lowest BCUT2D eigenvalue weighted by atomic mass is 9.99. The van der Waals surface area contributed by atoms with Gasteiger partial charge < -0.3 is 14.1 Å². The van der Waals surface area contributed by atoms with Crippen LogP contribution in [0.25, 0.3) is 11.0 Å². The van der Waals surface area contributed by atoms with Gasteiger partial charge in [0.1, 0.15) is 25.2 Å². The minimum absolute atomic E-state index is 0.262. The Bertz CT molecular complexity index is 684. The average molecular weight is 288 g/mol. The summed E-state index contributed by atoms with van der Waals surface area (Å²) in [4.78, 5) is 13.2. The molecule has 1 aliphatic heterocycles. The van der Waals surface area contributed by atoms with Gasteiger partial charge in [0.25, 0.3) is 0 Å². The molecule has 0 amide bonds. The highest BCUT2D eigenvalue weighted by molar-refractivity contribution is 5.80. The molecule has 1 N–H and O–H groups in total. The molecule has 0 radical (unpaired) electrons. The molecule has 4 nitrogen and oxygen atoms in total. The van der Waals surface area contributed by atoms with Crippen LogP contribution >= 0.6 is 0 Å². The molecule has 0 saturated carbocycles. The first-order valence-corrected chi connectivity index (χ1v) is 7.61. The van der Waals surface area contributed by atoms with Gasteiger partial charge in [-0.1, -0.05) is 19.9 Å². The van der Waals surface area contributed by atoms with Crippen LogP contribution in [0.3, 0.4) is 0 Å². The smallest absolute Gasteiger partial charge is 0.336 e. The van der Waals surface area contributed by atoms with E-state index in [-0.39, 0.29) is 5.63 Å². The van der Waals surface area contributed by atoms with E-state index in [0.717, 1.165) is 43.8 Å². The van der Waals surface area contributed by atoms with Crippen molar-refractivity contribution in [2.24, 2.45) is 0 Å². The van der Waals surface area contributed by atoms with Gasteiger partial charge in [0.2, 0.25) is 0 Å². The highest BCUT2D eigenvalue weighted by Crippen LogP contribution is 2.22. The molecule has 1 aliphatic rings. The van der Waals surface area contributed by atoms with Crippen molar-refractivity contribution in [3.63, 3.8) is 0 Å². The summed E-state index contributed by atoms with van der Waals surface area (Å²) in [5.41, 5.74) is 2.78. The van der Waals surface area contributed by atoms with E-state index >= 15 is 0 Å². The molecule has 1 aromatic heterocycles. The maximum Gasteiger partial charge on any atom is 0.336 e. The Balaban J connectivity index is 2.02. The van der Waals surface area contributed by atoms with Crippen LogP contribution < -0.4 is 10.5 Å². The van der Waals surface area contributed by atoms with E-state index in [2.05, 4.69) is 19.9 Å². The SMILES string of the molecule is CC(C)c1ccc2oc(=O)cc(C[NH+]3CCOCC3)c2c1. The van der Waals surface area contributed by atoms with E-state index in [0.29, 0.717) is 11.5 Å². The Hall–Kier alpha value is -1.65. The monoisotopic (exact) mass is 288 g/mol. The number of rotatable bonds is 3. The molecule has 4 heteroatoms. The van der Waals surface area contributed by atoms with Gasteiger partial charge in [0.15, 0.2) is 0 Å². The number of quaternary nitrogens is 1. The number of nitrogens with one attached hydrogen (secondary N) is 1. The summed E-state index contributed by atoms with van der Waals surface area (Å²) >= 11 is 0. The van der Waals surface area contributed by atoms with Crippen LogP contribution in [-0.2, 0) is 11.3 Å². The first-order valence-electron chi connectivity index (χ1n) is 7.61.